The molecule has 16 heavy (non-hydrogen) atoms. The van der Waals surface area contributed by atoms with Gasteiger partial charge in [-0.1, -0.05) is 29.8 Å². The normalized spacial score (nSPS) is 21.5. The Balaban J connectivity index is 1.95. The van der Waals surface area contributed by atoms with Crippen molar-refractivity contribution in [2.45, 2.75) is 38.8 Å². The Labute approximate surface area is 98.4 Å². The molecule has 1 aliphatic rings. The van der Waals surface area contributed by atoms with Crippen LogP contribution in [0.3, 0.4) is 0 Å². The van der Waals surface area contributed by atoms with Crippen molar-refractivity contribution in [3.63, 3.8) is 0 Å². The molecule has 1 atom stereocenters. The van der Waals surface area contributed by atoms with Gasteiger partial charge < -0.3 is 5.73 Å². The average Bonchev–Trinajstić information content (AvgIpc) is 2.70. The number of rotatable bonds is 4. The molecule has 1 aliphatic heterocycles. The third-order valence-corrected chi connectivity index (χ3v) is 3.51. The Morgan fingerprint density at radius 1 is 1.31 bits per heavy atom. The summed E-state index contributed by atoms with van der Waals surface area (Å²) in [6, 6.07) is 9.60. The summed E-state index contributed by atoms with van der Waals surface area (Å²) in [5.74, 6) is 0. The van der Waals surface area contributed by atoms with Gasteiger partial charge in [0.2, 0.25) is 0 Å². The lowest BCUT2D eigenvalue weighted by Gasteiger charge is -2.24. The van der Waals surface area contributed by atoms with Crippen LogP contribution in [0.5, 0.6) is 0 Å². The van der Waals surface area contributed by atoms with Gasteiger partial charge >= 0.3 is 0 Å². The summed E-state index contributed by atoms with van der Waals surface area (Å²) in [6.45, 7) is 5.27. The highest BCUT2D eigenvalue weighted by atomic mass is 15.2. The van der Waals surface area contributed by atoms with Crippen LogP contribution >= 0.6 is 0 Å². The van der Waals surface area contributed by atoms with Crippen molar-refractivity contribution in [3.05, 3.63) is 35.4 Å². The largest absolute Gasteiger partial charge is 0.330 e. The van der Waals surface area contributed by atoms with Crippen LogP contribution in [0.4, 0.5) is 0 Å². The van der Waals surface area contributed by atoms with Crippen LogP contribution < -0.4 is 5.73 Å². The fraction of sp³-hybridized carbons (Fsp3) is 0.571. The van der Waals surface area contributed by atoms with E-state index in [0.29, 0.717) is 6.04 Å². The van der Waals surface area contributed by atoms with E-state index in [1.807, 2.05) is 0 Å². The summed E-state index contributed by atoms with van der Waals surface area (Å²) >= 11 is 0. The van der Waals surface area contributed by atoms with Crippen molar-refractivity contribution in [1.82, 2.24) is 4.90 Å². The van der Waals surface area contributed by atoms with E-state index in [0.717, 1.165) is 19.5 Å². The van der Waals surface area contributed by atoms with Gasteiger partial charge in [-0.2, -0.15) is 0 Å². The minimum atomic E-state index is 0.714. The van der Waals surface area contributed by atoms with Gasteiger partial charge in [-0.3, -0.25) is 4.90 Å². The molecule has 1 saturated heterocycles. The molecule has 2 heteroatoms. The van der Waals surface area contributed by atoms with Crippen LogP contribution in [0.2, 0.25) is 0 Å². The van der Waals surface area contributed by atoms with Crippen LogP contribution in [0.1, 0.15) is 30.4 Å². The van der Waals surface area contributed by atoms with E-state index in [1.54, 1.807) is 0 Å². The van der Waals surface area contributed by atoms with Crippen molar-refractivity contribution >= 4 is 0 Å². The first-order valence-corrected chi connectivity index (χ1v) is 6.29. The molecule has 0 saturated carbocycles. The van der Waals surface area contributed by atoms with Gasteiger partial charge in [0.1, 0.15) is 0 Å². The third kappa shape index (κ3) is 2.83. The molecule has 0 aromatic heterocycles. The number of hydrogen-bond donors (Lipinski definition) is 1. The van der Waals surface area contributed by atoms with E-state index in [9.17, 15) is 0 Å². The molecule has 2 rings (SSSR count). The number of hydrogen-bond acceptors (Lipinski definition) is 2. The first kappa shape index (κ1) is 11.6. The topological polar surface area (TPSA) is 29.3 Å². The van der Waals surface area contributed by atoms with Crippen LogP contribution in [-0.4, -0.2) is 24.0 Å². The first-order valence-electron chi connectivity index (χ1n) is 6.29. The molecule has 2 nitrogen and oxygen atoms in total. The van der Waals surface area contributed by atoms with Gasteiger partial charge in [-0.05, 0) is 44.8 Å². The molecule has 1 aromatic carbocycles. The Morgan fingerprint density at radius 2 is 2.06 bits per heavy atom. The minimum Gasteiger partial charge on any atom is -0.330 e. The lowest BCUT2D eigenvalue weighted by atomic mass is 10.1. The van der Waals surface area contributed by atoms with E-state index < -0.39 is 0 Å². The highest BCUT2D eigenvalue weighted by molar-refractivity contribution is 5.21. The van der Waals surface area contributed by atoms with Crippen LogP contribution in [-0.2, 0) is 6.54 Å². The van der Waals surface area contributed by atoms with E-state index in [2.05, 4.69) is 36.1 Å². The van der Waals surface area contributed by atoms with Gasteiger partial charge in [0.15, 0.2) is 0 Å². The SMILES string of the molecule is Cc1ccc(CN2CCCC2CCN)cc1. The highest BCUT2D eigenvalue weighted by Gasteiger charge is 2.23. The summed E-state index contributed by atoms with van der Waals surface area (Å²) in [4.78, 5) is 2.58. The molecular weight excluding hydrogens is 196 g/mol. The van der Waals surface area contributed by atoms with Crippen LogP contribution in [0, 0.1) is 6.92 Å². The molecule has 1 unspecified atom stereocenters. The number of nitrogens with two attached hydrogens (primary N) is 1. The van der Waals surface area contributed by atoms with Crippen molar-refractivity contribution in [3.8, 4) is 0 Å². The van der Waals surface area contributed by atoms with Gasteiger partial charge in [0.05, 0.1) is 0 Å². The molecule has 88 valence electrons. The summed E-state index contributed by atoms with van der Waals surface area (Å²) in [6.07, 6.45) is 3.80. The number of likely N-dealkylation sites (tertiary alicyclic amines) is 1. The fourth-order valence-electron chi connectivity index (χ4n) is 2.55. The maximum atomic E-state index is 5.66. The molecule has 0 spiro atoms. The predicted molar refractivity (Wildman–Crippen MR) is 68.3 cm³/mol. The van der Waals surface area contributed by atoms with E-state index in [1.165, 1.54) is 30.5 Å². The van der Waals surface area contributed by atoms with Gasteiger partial charge in [-0.15, -0.1) is 0 Å². The third-order valence-electron chi connectivity index (χ3n) is 3.51. The number of benzene rings is 1. The molecule has 0 aliphatic carbocycles. The second-order valence-corrected chi connectivity index (χ2v) is 4.83. The average molecular weight is 218 g/mol. The monoisotopic (exact) mass is 218 g/mol. The molecule has 1 fully saturated rings. The van der Waals surface area contributed by atoms with E-state index >= 15 is 0 Å². The maximum absolute atomic E-state index is 5.66. The van der Waals surface area contributed by atoms with Gasteiger partial charge in [-0.25, -0.2) is 0 Å². The molecule has 1 heterocycles. The zero-order valence-corrected chi connectivity index (χ0v) is 10.2. The summed E-state index contributed by atoms with van der Waals surface area (Å²) in [7, 11) is 0. The Bertz CT molecular complexity index is 318. The minimum absolute atomic E-state index is 0.714. The molecule has 1 aromatic rings. The number of nitrogens with zero attached hydrogens (tertiary/aromatic N) is 1. The highest BCUT2D eigenvalue weighted by Crippen LogP contribution is 2.22. The molecule has 0 radical (unpaired) electrons. The van der Waals surface area contributed by atoms with Crippen molar-refractivity contribution in [2.75, 3.05) is 13.1 Å². The van der Waals surface area contributed by atoms with Gasteiger partial charge in [0.25, 0.3) is 0 Å². The van der Waals surface area contributed by atoms with Crippen molar-refractivity contribution in [2.24, 2.45) is 5.73 Å². The lowest BCUT2D eigenvalue weighted by Crippen LogP contribution is -2.30. The van der Waals surface area contributed by atoms with Crippen LogP contribution in [0.25, 0.3) is 0 Å². The van der Waals surface area contributed by atoms with Crippen molar-refractivity contribution in [1.29, 1.82) is 0 Å². The smallest absolute Gasteiger partial charge is 0.0236 e. The Morgan fingerprint density at radius 3 is 2.75 bits per heavy atom. The van der Waals surface area contributed by atoms with Gasteiger partial charge in [0, 0.05) is 12.6 Å². The zero-order valence-electron chi connectivity index (χ0n) is 10.2. The van der Waals surface area contributed by atoms with E-state index in [-0.39, 0.29) is 0 Å². The van der Waals surface area contributed by atoms with E-state index in [4.69, 9.17) is 5.73 Å². The predicted octanol–water partition coefficient (Wildman–Crippen LogP) is 2.31. The maximum Gasteiger partial charge on any atom is 0.0236 e. The Hall–Kier alpha value is -0.860. The lowest BCUT2D eigenvalue weighted by molar-refractivity contribution is 0.237. The van der Waals surface area contributed by atoms with Crippen LogP contribution in [0.15, 0.2) is 24.3 Å². The molecule has 0 bridgehead atoms. The molecule has 2 N–H and O–H groups in total. The second kappa shape index (κ2) is 5.46. The number of aryl methyl sites for hydroxylation is 1. The molecule has 0 amide bonds. The summed E-state index contributed by atoms with van der Waals surface area (Å²) < 4.78 is 0. The second-order valence-electron chi connectivity index (χ2n) is 4.83. The standard InChI is InChI=1S/C14H22N2/c1-12-4-6-13(7-5-12)11-16-10-2-3-14(16)8-9-15/h4-7,14H,2-3,8-11,15H2,1H3. The zero-order chi connectivity index (χ0) is 11.4. The summed E-state index contributed by atoms with van der Waals surface area (Å²) in [5.41, 5.74) is 8.42. The first-order chi connectivity index (χ1) is 7.79. The Kier molecular flexibility index (Phi) is 3.97. The molecular formula is C14H22N2. The fourth-order valence-corrected chi connectivity index (χ4v) is 2.55. The summed E-state index contributed by atoms with van der Waals surface area (Å²) in [5, 5.41) is 0. The quantitative estimate of drug-likeness (QED) is 0.840. The van der Waals surface area contributed by atoms with Crippen molar-refractivity contribution < 1.29 is 0 Å².